The maximum atomic E-state index is 13.5. The highest BCUT2D eigenvalue weighted by Gasteiger charge is 2.41. The molecule has 1 amide bonds. The molecule has 1 aliphatic heterocycles. The molecular formula is C34H44N2O4. The molecule has 1 saturated heterocycles. The molecule has 0 radical (unpaired) electrons. The van der Waals surface area contributed by atoms with Crippen LogP contribution in [0.1, 0.15) is 69.3 Å². The summed E-state index contributed by atoms with van der Waals surface area (Å²) in [4.78, 5) is 15.3. The summed E-state index contributed by atoms with van der Waals surface area (Å²) in [5, 5.41) is 3.62. The average Bonchev–Trinajstić information content (AvgIpc) is 2.99. The van der Waals surface area contributed by atoms with Crippen LogP contribution in [0.3, 0.4) is 0 Å². The zero-order valence-corrected chi connectivity index (χ0v) is 24.3. The molecule has 0 aromatic heterocycles. The van der Waals surface area contributed by atoms with Gasteiger partial charge >= 0.3 is 6.09 Å². The second kappa shape index (κ2) is 13.9. The number of amides is 1. The molecule has 1 aliphatic rings. The minimum absolute atomic E-state index is 0.0557. The molecule has 0 saturated carbocycles. The zero-order valence-electron chi connectivity index (χ0n) is 24.3. The third-order valence-corrected chi connectivity index (χ3v) is 7.63. The Morgan fingerprint density at radius 3 is 2.00 bits per heavy atom. The Kier molecular flexibility index (Phi) is 10.4. The third kappa shape index (κ3) is 8.40. The second-order valence-corrected chi connectivity index (χ2v) is 11.6. The van der Waals surface area contributed by atoms with E-state index in [9.17, 15) is 4.79 Å². The fraction of sp³-hybridized carbons (Fsp3) is 0.441. The Labute approximate surface area is 239 Å². The monoisotopic (exact) mass is 544 g/mol. The molecule has 6 nitrogen and oxygen atoms in total. The molecule has 214 valence electrons. The highest BCUT2D eigenvalue weighted by Crippen LogP contribution is 2.35. The van der Waals surface area contributed by atoms with Gasteiger partial charge in [0.05, 0.1) is 19.3 Å². The molecule has 0 aliphatic carbocycles. The van der Waals surface area contributed by atoms with E-state index in [0.29, 0.717) is 32.6 Å². The SMILES string of the molecule is C[C@H](c1ccccc1)N(CCC1(CCN[C@H](C)c2ccccc2)OCC(C)(C)CO1)C(=O)OCc1ccccc1. The van der Waals surface area contributed by atoms with Crippen LogP contribution < -0.4 is 5.32 Å². The zero-order chi connectivity index (χ0) is 28.4. The van der Waals surface area contributed by atoms with Crippen LogP contribution in [0.5, 0.6) is 0 Å². The highest BCUT2D eigenvalue weighted by molar-refractivity contribution is 5.68. The van der Waals surface area contributed by atoms with E-state index in [1.807, 2.05) is 73.7 Å². The Hall–Kier alpha value is -3.19. The lowest BCUT2D eigenvalue weighted by molar-refractivity contribution is -0.304. The molecule has 4 rings (SSSR count). The molecule has 3 aromatic rings. The van der Waals surface area contributed by atoms with Gasteiger partial charge in [-0.25, -0.2) is 4.79 Å². The summed E-state index contributed by atoms with van der Waals surface area (Å²) < 4.78 is 18.7. The lowest BCUT2D eigenvalue weighted by Gasteiger charge is -2.44. The first-order chi connectivity index (χ1) is 19.3. The lowest BCUT2D eigenvalue weighted by atomic mass is 9.93. The Balaban J connectivity index is 1.46. The molecule has 0 unspecified atom stereocenters. The smallest absolute Gasteiger partial charge is 0.410 e. The fourth-order valence-corrected chi connectivity index (χ4v) is 4.94. The van der Waals surface area contributed by atoms with Crippen LogP contribution in [0.25, 0.3) is 0 Å². The van der Waals surface area contributed by atoms with Crippen LogP contribution in [0, 0.1) is 5.41 Å². The van der Waals surface area contributed by atoms with Crippen molar-refractivity contribution in [2.75, 3.05) is 26.3 Å². The number of rotatable bonds is 12. The Morgan fingerprint density at radius 2 is 1.40 bits per heavy atom. The number of benzene rings is 3. The summed E-state index contributed by atoms with van der Waals surface area (Å²) in [7, 11) is 0. The van der Waals surface area contributed by atoms with Gasteiger partial charge in [-0.3, -0.25) is 0 Å². The van der Waals surface area contributed by atoms with E-state index in [-0.39, 0.29) is 30.2 Å². The maximum absolute atomic E-state index is 13.5. The summed E-state index contributed by atoms with van der Waals surface area (Å²) in [6.07, 6.45) is 0.872. The van der Waals surface area contributed by atoms with Gasteiger partial charge in [0, 0.05) is 37.4 Å². The van der Waals surface area contributed by atoms with Gasteiger partial charge in [-0.05, 0) is 30.5 Å². The topological polar surface area (TPSA) is 60.0 Å². The van der Waals surface area contributed by atoms with E-state index >= 15 is 0 Å². The number of hydrogen-bond donors (Lipinski definition) is 1. The van der Waals surface area contributed by atoms with Crippen molar-refractivity contribution in [3.05, 3.63) is 108 Å². The first-order valence-electron chi connectivity index (χ1n) is 14.4. The standard InChI is InChI=1S/C34H44N2O4/c1-27(30-16-10-6-11-17-30)35-22-20-34(39-25-33(3,4)26-40-34)21-23-36(28(2)31-18-12-7-13-19-31)32(37)38-24-29-14-8-5-9-15-29/h5-19,27-28,35H,20-26H2,1-4H3/t27-,28-/m1/s1. The van der Waals surface area contributed by atoms with Crippen molar-refractivity contribution in [1.29, 1.82) is 0 Å². The van der Waals surface area contributed by atoms with Crippen molar-refractivity contribution >= 4 is 6.09 Å². The molecule has 40 heavy (non-hydrogen) atoms. The van der Waals surface area contributed by atoms with Crippen LogP contribution in [0.15, 0.2) is 91.0 Å². The van der Waals surface area contributed by atoms with Gasteiger partial charge in [-0.15, -0.1) is 0 Å². The molecule has 0 spiro atoms. The van der Waals surface area contributed by atoms with Gasteiger partial charge in [-0.1, -0.05) is 105 Å². The Bertz CT molecular complexity index is 1160. The van der Waals surface area contributed by atoms with E-state index < -0.39 is 5.79 Å². The van der Waals surface area contributed by atoms with Crippen LogP contribution in [-0.4, -0.2) is 43.1 Å². The molecule has 1 fully saturated rings. The van der Waals surface area contributed by atoms with Crippen LogP contribution in [0.4, 0.5) is 4.79 Å². The van der Waals surface area contributed by atoms with E-state index in [1.165, 1.54) is 5.56 Å². The molecule has 3 aromatic carbocycles. The van der Waals surface area contributed by atoms with Gasteiger partial charge in [0.25, 0.3) is 0 Å². The van der Waals surface area contributed by atoms with Crippen molar-refractivity contribution in [3.63, 3.8) is 0 Å². The molecule has 1 heterocycles. The summed E-state index contributed by atoms with van der Waals surface area (Å²) in [5.41, 5.74) is 3.20. The number of ether oxygens (including phenoxy) is 3. The van der Waals surface area contributed by atoms with Crippen molar-refractivity contribution in [1.82, 2.24) is 10.2 Å². The summed E-state index contributed by atoms with van der Waals surface area (Å²) in [5.74, 6) is -0.784. The predicted molar refractivity (Wildman–Crippen MR) is 159 cm³/mol. The average molecular weight is 545 g/mol. The summed E-state index contributed by atoms with van der Waals surface area (Å²) in [6, 6.07) is 30.3. The normalized spacial score (nSPS) is 17.5. The number of nitrogens with zero attached hydrogens (tertiary/aromatic N) is 1. The second-order valence-electron chi connectivity index (χ2n) is 11.6. The van der Waals surface area contributed by atoms with Crippen molar-refractivity contribution in [2.45, 2.75) is 65.0 Å². The van der Waals surface area contributed by atoms with Crippen molar-refractivity contribution in [2.24, 2.45) is 5.41 Å². The summed E-state index contributed by atoms with van der Waals surface area (Å²) in [6.45, 7) is 11.1. The first kappa shape index (κ1) is 29.8. The van der Waals surface area contributed by atoms with E-state index in [2.05, 4.69) is 50.4 Å². The minimum atomic E-state index is -0.784. The van der Waals surface area contributed by atoms with Gasteiger partial charge in [0.15, 0.2) is 5.79 Å². The first-order valence-corrected chi connectivity index (χ1v) is 14.4. The maximum Gasteiger partial charge on any atom is 0.410 e. The van der Waals surface area contributed by atoms with Crippen LogP contribution >= 0.6 is 0 Å². The van der Waals surface area contributed by atoms with Gasteiger partial charge in [-0.2, -0.15) is 0 Å². The summed E-state index contributed by atoms with van der Waals surface area (Å²) >= 11 is 0. The van der Waals surface area contributed by atoms with Crippen molar-refractivity contribution in [3.8, 4) is 0 Å². The number of carbonyl (C=O) groups excluding carboxylic acids is 1. The van der Waals surface area contributed by atoms with Gasteiger partial charge in [0.2, 0.25) is 0 Å². The van der Waals surface area contributed by atoms with Crippen molar-refractivity contribution < 1.29 is 19.0 Å². The lowest BCUT2D eigenvalue weighted by Crippen LogP contribution is -2.51. The Morgan fingerprint density at radius 1 is 0.850 bits per heavy atom. The highest BCUT2D eigenvalue weighted by atomic mass is 16.7. The molecule has 6 heteroatoms. The molecular weight excluding hydrogens is 500 g/mol. The number of nitrogens with one attached hydrogen (secondary N) is 1. The number of hydrogen-bond acceptors (Lipinski definition) is 5. The molecule has 0 bridgehead atoms. The number of carbonyl (C=O) groups is 1. The van der Waals surface area contributed by atoms with Crippen LogP contribution in [0.2, 0.25) is 0 Å². The predicted octanol–water partition coefficient (Wildman–Crippen LogP) is 7.29. The quantitative estimate of drug-likeness (QED) is 0.260. The van der Waals surface area contributed by atoms with Crippen LogP contribution in [-0.2, 0) is 20.8 Å². The fourth-order valence-electron chi connectivity index (χ4n) is 4.94. The van der Waals surface area contributed by atoms with Gasteiger partial charge in [0.1, 0.15) is 6.61 Å². The van der Waals surface area contributed by atoms with E-state index in [0.717, 1.165) is 17.7 Å². The largest absolute Gasteiger partial charge is 0.445 e. The van der Waals surface area contributed by atoms with E-state index in [1.54, 1.807) is 4.90 Å². The molecule has 1 N–H and O–H groups in total. The minimum Gasteiger partial charge on any atom is -0.445 e. The molecule has 2 atom stereocenters. The van der Waals surface area contributed by atoms with Gasteiger partial charge < -0.3 is 24.4 Å². The third-order valence-electron chi connectivity index (χ3n) is 7.63. The van der Waals surface area contributed by atoms with E-state index in [4.69, 9.17) is 14.2 Å².